The normalized spacial score (nSPS) is 17.9. The summed E-state index contributed by atoms with van der Waals surface area (Å²) in [5.41, 5.74) is 4.27. The zero-order chi connectivity index (χ0) is 19.2. The van der Waals surface area contributed by atoms with Crippen LogP contribution in [0.5, 0.6) is 0 Å². The van der Waals surface area contributed by atoms with E-state index in [2.05, 4.69) is 25.2 Å². The third-order valence-electron chi connectivity index (χ3n) is 4.73. The van der Waals surface area contributed by atoms with E-state index in [-0.39, 0.29) is 0 Å². The van der Waals surface area contributed by atoms with E-state index in [1.54, 1.807) is 5.01 Å². The molecule has 1 aliphatic carbocycles. The summed E-state index contributed by atoms with van der Waals surface area (Å²) in [6, 6.07) is 9.91. The molecular formula is C23H30N2O. The van der Waals surface area contributed by atoms with Crippen molar-refractivity contribution in [3.63, 3.8) is 0 Å². The van der Waals surface area contributed by atoms with Crippen LogP contribution in [0.15, 0.2) is 89.2 Å². The molecule has 1 atom stereocenters. The monoisotopic (exact) mass is 350 g/mol. The third-order valence-corrected chi connectivity index (χ3v) is 4.73. The maximum Gasteiger partial charge on any atom is 0.0866 e. The molecule has 1 unspecified atom stereocenters. The average Bonchev–Trinajstić information content (AvgIpc) is 2.80. The number of aliphatic hydroxyl groups is 1. The summed E-state index contributed by atoms with van der Waals surface area (Å²) in [4.78, 5) is 0. The smallest absolute Gasteiger partial charge is 0.0866 e. The first kappa shape index (κ1) is 20.0. The summed E-state index contributed by atoms with van der Waals surface area (Å²) in [5.74, 6) is 6.33. The summed E-state index contributed by atoms with van der Waals surface area (Å²) in [6.07, 6.45) is 13.6. The van der Waals surface area contributed by atoms with Crippen LogP contribution in [0, 0.1) is 0 Å². The maximum absolute atomic E-state index is 10.9. The van der Waals surface area contributed by atoms with Crippen LogP contribution in [-0.2, 0) is 0 Å². The Bertz CT molecular complexity index is 765. The van der Waals surface area contributed by atoms with Crippen LogP contribution in [0.3, 0.4) is 0 Å². The molecule has 0 aliphatic heterocycles. The Morgan fingerprint density at radius 2 is 2.00 bits per heavy atom. The number of para-hydroxylation sites is 1. The fourth-order valence-electron chi connectivity index (χ4n) is 3.02. The molecule has 0 heterocycles. The van der Waals surface area contributed by atoms with Gasteiger partial charge >= 0.3 is 0 Å². The Balaban J connectivity index is 2.26. The van der Waals surface area contributed by atoms with E-state index in [0.717, 1.165) is 29.0 Å². The van der Waals surface area contributed by atoms with Gasteiger partial charge in [0.25, 0.3) is 0 Å². The summed E-state index contributed by atoms with van der Waals surface area (Å²) < 4.78 is 0. The second-order valence-electron chi connectivity index (χ2n) is 7.01. The van der Waals surface area contributed by atoms with Crippen LogP contribution >= 0.6 is 0 Å². The molecule has 3 heteroatoms. The van der Waals surface area contributed by atoms with Gasteiger partial charge in [-0.2, -0.15) is 0 Å². The molecule has 0 saturated heterocycles. The number of hydrogen-bond acceptors (Lipinski definition) is 3. The van der Waals surface area contributed by atoms with Gasteiger partial charge in [-0.3, -0.25) is 5.01 Å². The lowest BCUT2D eigenvalue weighted by Gasteiger charge is -2.25. The molecule has 138 valence electrons. The van der Waals surface area contributed by atoms with Crippen molar-refractivity contribution in [3.8, 4) is 0 Å². The van der Waals surface area contributed by atoms with Crippen molar-refractivity contribution in [2.24, 2.45) is 5.84 Å². The minimum Gasteiger partial charge on any atom is -0.385 e. The number of nitrogens with two attached hydrogens (primary N) is 1. The molecular weight excluding hydrogens is 320 g/mol. The first-order valence-electron chi connectivity index (χ1n) is 9.04. The summed E-state index contributed by atoms with van der Waals surface area (Å²) in [7, 11) is 0. The second-order valence-corrected chi connectivity index (χ2v) is 7.01. The average molecular weight is 351 g/mol. The van der Waals surface area contributed by atoms with E-state index >= 15 is 0 Å². The number of rotatable bonds is 6. The number of nitrogens with zero attached hydrogens (tertiary/aromatic N) is 1. The molecule has 0 amide bonds. The van der Waals surface area contributed by atoms with E-state index in [9.17, 15) is 5.11 Å². The van der Waals surface area contributed by atoms with Crippen molar-refractivity contribution in [2.45, 2.75) is 46.1 Å². The van der Waals surface area contributed by atoms with E-state index in [4.69, 9.17) is 5.84 Å². The fraction of sp³-hybridized carbons (Fsp3) is 0.304. The van der Waals surface area contributed by atoms with Crippen LogP contribution in [0.4, 0.5) is 5.69 Å². The largest absolute Gasteiger partial charge is 0.385 e. The highest BCUT2D eigenvalue weighted by Crippen LogP contribution is 2.30. The Morgan fingerprint density at radius 3 is 2.65 bits per heavy atom. The van der Waals surface area contributed by atoms with Crippen LogP contribution in [-0.4, -0.2) is 10.7 Å². The lowest BCUT2D eigenvalue weighted by molar-refractivity contribution is 0.0986. The molecule has 2 rings (SSSR count). The molecule has 3 nitrogen and oxygen atoms in total. The Morgan fingerprint density at radius 1 is 1.31 bits per heavy atom. The summed E-state index contributed by atoms with van der Waals surface area (Å²) in [5, 5.41) is 12.6. The van der Waals surface area contributed by atoms with Gasteiger partial charge in [-0.25, -0.2) is 5.84 Å². The van der Waals surface area contributed by atoms with Crippen LogP contribution in [0.2, 0.25) is 0 Å². The molecule has 1 aliphatic rings. The number of hydrogen-bond donors (Lipinski definition) is 2. The number of hydrazine groups is 1. The summed E-state index contributed by atoms with van der Waals surface area (Å²) in [6.45, 7) is 7.87. The van der Waals surface area contributed by atoms with Gasteiger partial charge in [0.1, 0.15) is 0 Å². The standard InChI is InChI=1S/C23H30N2O/c1-5-6-11-19(3)23(4,26)17-20-12-10-15-22(18(2)16-20)25(24)21-13-8-7-9-14-21/h5-11,13-16,26H,12,17,24H2,1-4H3/b6-5-,19-11+. The highest BCUT2D eigenvalue weighted by atomic mass is 16.3. The SMILES string of the molecule is C/C=C\C=C(/C)C(C)(O)CC1=CC(C)=C(N(N)c2ccccc2)C=CC1. The van der Waals surface area contributed by atoms with E-state index in [0.29, 0.717) is 6.42 Å². The first-order valence-corrected chi connectivity index (χ1v) is 9.04. The van der Waals surface area contributed by atoms with Crippen LogP contribution < -0.4 is 10.9 Å². The highest BCUT2D eigenvalue weighted by molar-refractivity contribution is 5.56. The van der Waals surface area contributed by atoms with Crippen molar-refractivity contribution >= 4 is 5.69 Å². The molecule has 0 radical (unpaired) electrons. The number of benzene rings is 1. The molecule has 0 saturated carbocycles. The van der Waals surface area contributed by atoms with Crippen molar-refractivity contribution in [1.82, 2.24) is 0 Å². The van der Waals surface area contributed by atoms with E-state index in [1.807, 2.05) is 69.3 Å². The van der Waals surface area contributed by atoms with Crippen molar-refractivity contribution < 1.29 is 5.11 Å². The van der Waals surface area contributed by atoms with Gasteiger partial charge in [0.15, 0.2) is 0 Å². The molecule has 0 bridgehead atoms. The fourth-order valence-corrected chi connectivity index (χ4v) is 3.02. The predicted molar refractivity (Wildman–Crippen MR) is 111 cm³/mol. The van der Waals surface area contributed by atoms with Gasteiger partial charge in [0.2, 0.25) is 0 Å². The maximum atomic E-state index is 10.9. The highest BCUT2D eigenvalue weighted by Gasteiger charge is 2.24. The summed E-state index contributed by atoms with van der Waals surface area (Å²) >= 11 is 0. The van der Waals surface area contributed by atoms with Gasteiger partial charge in [-0.1, -0.05) is 54.2 Å². The minimum absolute atomic E-state index is 0.595. The number of allylic oxidation sites excluding steroid dienone is 7. The van der Waals surface area contributed by atoms with Gasteiger partial charge in [0.05, 0.1) is 17.0 Å². The van der Waals surface area contributed by atoms with Gasteiger partial charge in [-0.15, -0.1) is 0 Å². The van der Waals surface area contributed by atoms with E-state index in [1.165, 1.54) is 5.57 Å². The quantitative estimate of drug-likeness (QED) is 0.422. The Hall–Kier alpha value is -2.36. The van der Waals surface area contributed by atoms with Crippen molar-refractivity contribution in [2.75, 3.05) is 5.01 Å². The van der Waals surface area contributed by atoms with Crippen molar-refractivity contribution in [1.29, 1.82) is 0 Å². The van der Waals surface area contributed by atoms with Gasteiger partial charge < -0.3 is 5.11 Å². The third kappa shape index (κ3) is 5.07. The van der Waals surface area contributed by atoms with Crippen molar-refractivity contribution in [3.05, 3.63) is 89.2 Å². The Kier molecular flexibility index (Phi) is 6.78. The molecule has 1 aromatic rings. The van der Waals surface area contributed by atoms with Gasteiger partial charge in [0, 0.05) is 6.42 Å². The van der Waals surface area contributed by atoms with E-state index < -0.39 is 5.60 Å². The minimum atomic E-state index is -0.869. The molecule has 1 aromatic carbocycles. The number of anilines is 1. The molecule has 3 N–H and O–H groups in total. The molecule has 0 fully saturated rings. The molecule has 0 spiro atoms. The second kappa shape index (κ2) is 8.84. The lowest BCUT2D eigenvalue weighted by atomic mass is 9.87. The zero-order valence-electron chi connectivity index (χ0n) is 16.2. The molecule has 26 heavy (non-hydrogen) atoms. The van der Waals surface area contributed by atoms with Crippen LogP contribution in [0.1, 0.15) is 40.5 Å². The van der Waals surface area contributed by atoms with Crippen LogP contribution in [0.25, 0.3) is 0 Å². The zero-order valence-corrected chi connectivity index (χ0v) is 16.2. The lowest BCUT2D eigenvalue weighted by Crippen LogP contribution is -2.29. The first-order chi connectivity index (χ1) is 12.3. The predicted octanol–water partition coefficient (Wildman–Crippen LogP) is 5.19. The molecule has 0 aromatic heterocycles. The van der Waals surface area contributed by atoms with Gasteiger partial charge in [-0.05, 0) is 63.5 Å². The topological polar surface area (TPSA) is 49.5 Å². The Labute approximate surface area is 157 Å².